The Morgan fingerprint density at radius 2 is 2.00 bits per heavy atom. The summed E-state index contributed by atoms with van der Waals surface area (Å²) in [6.45, 7) is 5.06. The average molecular weight is 404 g/mol. The molecule has 1 aromatic carbocycles. The molecule has 1 aliphatic heterocycles. The molecule has 0 saturated carbocycles. The zero-order valence-electron chi connectivity index (χ0n) is 18.0. The molecule has 1 saturated heterocycles. The number of nitrogens with one attached hydrogen (secondary N) is 2. The van der Waals surface area contributed by atoms with Gasteiger partial charge in [0.25, 0.3) is 0 Å². The zero-order valence-corrected chi connectivity index (χ0v) is 18.0. The number of benzene rings is 1. The maximum Gasteiger partial charge on any atom is 0.123 e. The number of para-hydroxylation sites is 2. The van der Waals surface area contributed by atoms with E-state index in [2.05, 4.69) is 58.5 Å². The Hall–Kier alpha value is -2.24. The Morgan fingerprint density at radius 3 is 2.90 bits per heavy atom. The highest BCUT2D eigenvalue weighted by atomic mass is 15.1. The van der Waals surface area contributed by atoms with Crippen molar-refractivity contribution in [3.8, 4) is 0 Å². The molecule has 2 aromatic heterocycles. The molecule has 2 N–H and O–H groups in total. The van der Waals surface area contributed by atoms with Gasteiger partial charge in [0, 0.05) is 18.3 Å². The first kappa shape index (κ1) is 19.7. The van der Waals surface area contributed by atoms with Crippen molar-refractivity contribution in [3.05, 3.63) is 59.2 Å². The lowest BCUT2D eigenvalue weighted by atomic mass is 9.91. The van der Waals surface area contributed by atoms with E-state index in [0.717, 1.165) is 49.5 Å². The Kier molecular flexibility index (Phi) is 5.82. The topological polar surface area (TPSA) is 54.8 Å². The number of hydrogen-bond acceptors (Lipinski definition) is 4. The molecule has 0 spiro atoms. The molecule has 2 atom stereocenters. The van der Waals surface area contributed by atoms with Crippen LogP contribution in [0.2, 0.25) is 0 Å². The van der Waals surface area contributed by atoms with Crippen LogP contribution in [0.5, 0.6) is 0 Å². The maximum absolute atomic E-state index is 4.99. The highest BCUT2D eigenvalue weighted by Crippen LogP contribution is 2.29. The normalized spacial score (nSPS) is 21.6. The van der Waals surface area contributed by atoms with Crippen LogP contribution in [0, 0.1) is 6.92 Å². The molecule has 0 amide bonds. The molecular weight excluding hydrogens is 370 g/mol. The van der Waals surface area contributed by atoms with Crippen LogP contribution in [0.25, 0.3) is 11.0 Å². The zero-order chi connectivity index (χ0) is 20.3. The van der Waals surface area contributed by atoms with Gasteiger partial charge >= 0.3 is 0 Å². The summed E-state index contributed by atoms with van der Waals surface area (Å²) in [5.74, 6) is 1.15. The smallest absolute Gasteiger partial charge is 0.123 e. The van der Waals surface area contributed by atoms with Crippen molar-refractivity contribution in [2.75, 3.05) is 6.54 Å². The fourth-order valence-corrected chi connectivity index (χ4v) is 5.13. The van der Waals surface area contributed by atoms with Crippen LogP contribution in [0.4, 0.5) is 0 Å². The molecule has 5 heteroatoms. The van der Waals surface area contributed by atoms with E-state index in [1.165, 1.54) is 48.9 Å². The van der Waals surface area contributed by atoms with Gasteiger partial charge in [-0.15, -0.1) is 0 Å². The number of aromatic nitrogens is 3. The number of imidazole rings is 1. The second-order valence-corrected chi connectivity index (χ2v) is 8.93. The highest BCUT2D eigenvalue weighted by Gasteiger charge is 2.22. The quantitative estimate of drug-likeness (QED) is 0.639. The van der Waals surface area contributed by atoms with Crippen LogP contribution < -0.4 is 10.6 Å². The number of hydrogen-bond donors (Lipinski definition) is 2. The van der Waals surface area contributed by atoms with Crippen molar-refractivity contribution >= 4 is 11.0 Å². The monoisotopic (exact) mass is 403 g/mol. The number of aryl methyl sites for hydroxylation is 3. The first-order valence-electron chi connectivity index (χ1n) is 11.7. The summed E-state index contributed by atoms with van der Waals surface area (Å²) in [6.07, 6.45) is 8.65. The highest BCUT2D eigenvalue weighted by molar-refractivity contribution is 5.75. The van der Waals surface area contributed by atoms with Crippen LogP contribution in [0.15, 0.2) is 36.4 Å². The molecule has 5 rings (SSSR count). The van der Waals surface area contributed by atoms with Gasteiger partial charge in [0.05, 0.1) is 29.3 Å². The van der Waals surface area contributed by atoms with Gasteiger partial charge in [-0.05, 0) is 75.8 Å². The van der Waals surface area contributed by atoms with E-state index in [1.54, 1.807) is 0 Å². The summed E-state index contributed by atoms with van der Waals surface area (Å²) in [5.41, 5.74) is 6.11. The largest absolute Gasteiger partial charge is 0.327 e. The third kappa shape index (κ3) is 4.14. The van der Waals surface area contributed by atoms with Gasteiger partial charge in [-0.25, -0.2) is 4.98 Å². The summed E-state index contributed by atoms with van der Waals surface area (Å²) >= 11 is 0. The van der Waals surface area contributed by atoms with Crippen molar-refractivity contribution in [1.82, 2.24) is 25.2 Å². The number of piperidine rings is 1. The number of rotatable bonds is 6. The van der Waals surface area contributed by atoms with Crippen LogP contribution in [-0.4, -0.2) is 27.1 Å². The minimum absolute atomic E-state index is 0.321. The molecule has 30 heavy (non-hydrogen) atoms. The minimum atomic E-state index is 0.321. The van der Waals surface area contributed by atoms with Crippen LogP contribution in [0.3, 0.4) is 0 Å². The Labute approximate surface area is 179 Å². The molecule has 2 unspecified atom stereocenters. The van der Waals surface area contributed by atoms with Crippen LogP contribution >= 0.6 is 0 Å². The molecule has 0 radical (unpaired) electrons. The van der Waals surface area contributed by atoms with E-state index in [9.17, 15) is 0 Å². The molecular formula is C25H33N5. The van der Waals surface area contributed by atoms with Gasteiger partial charge in [-0.1, -0.05) is 24.6 Å². The Balaban J connectivity index is 1.35. The minimum Gasteiger partial charge on any atom is -0.327 e. The summed E-state index contributed by atoms with van der Waals surface area (Å²) in [6, 6.07) is 13.9. The lowest BCUT2D eigenvalue weighted by Crippen LogP contribution is -2.35. The van der Waals surface area contributed by atoms with Gasteiger partial charge in [0.15, 0.2) is 0 Å². The SMILES string of the molecule is Cc1ccc2c(n1)C(NCc1nc3ccccc3n1CCC1CCCCN1)CCC2. The van der Waals surface area contributed by atoms with E-state index >= 15 is 0 Å². The third-order valence-electron chi connectivity index (χ3n) is 6.77. The van der Waals surface area contributed by atoms with Gasteiger partial charge in [0.2, 0.25) is 0 Å². The van der Waals surface area contributed by atoms with Crippen LogP contribution in [-0.2, 0) is 19.5 Å². The van der Waals surface area contributed by atoms with Crippen LogP contribution in [0.1, 0.15) is 67.3 Å². The summed E-state index contributed by atoms with van der Waals surface area (Å²) in [4.78, 5) is 9.87. The first-order chi connectivity index (χ1) is 14.8. The fourth-order valence-electron chi connectivity index (χ4n) is 5.13. The summed E-state index contributed by atoms with van der Waals surface area (Å²) in [7, 11) is 0. The van der Waals surface area contributed by atoms with E-state index in [0.29, 0.717) is 12.1 Å². The summed E-state index contributed by atoms with van der Waals surface area (Å²) in [5, 5.41) is 7.49. The number of pyridine rings is 1. The second kappa shape index (κ2) is 8.86. The number of fused-ring (bicyclic) bond motifs is 2. The molecule has 1 aliphatic carbocycles. The Bertz CT molecular complexity index is 1000. The lowest BCUT2D eigenvalue weighted by molar-refractivity contribution is 0.364. The number of nitrogens with zero attached hydrogens (tertiary/aromatic N) is 3. The standard InChI is InChI=1S/C25H33N5/c1-18-12-13-19-7-6-10-22(25(19)28-18)27-17-24-29-21-9-2-3-11-23(21)30(24)16-14-20-8-4-5-15-26-20/h2-3,9,11-13,20,22,26-27H,4-8,10,14-17H2,1H3. The van der Waals surface area contributed by atoms with Gasteiger partial charge in [-0.3, -0.25) is 4.98 Å². The van der Waals surface area contributed by atoms with Gasteiger partial charge in [-0.2, -0.15) is 0 Å². The first-order valence-corrected chi connectivity index (χ1v) is 11.7. The van der Waals surface area contributed by atoms with E-state index < -0.39 is 0 Å². The van der Waals surface area contributed by atoms with E-state index in [1.807, 2.05) is 0 Å². The third-order valence-corrected chi connectivity index (χ3v) is 6.77. The summed E-state index contributed by atoms with van der Waals surface area (Å²) < 4.78 is 2.44. The predicted molar refractivity (Wildman–Crippen MR) is 121 cm³/mol. The van der Waals surface area contributed by atoms with E-state index in [-0.39, 0.29) is 0 Å². The van der Waals surface area contributed by atoms with Crippen molar-refractivity contribution in [1.29, 1.82) is 0 Å². The molecule has 0 bridgehead atoms. The fraction of sp³-hybridized carbons (Fsp3) is 0.520. The Morgan fingerprint density at radius 1 is 1.07 bits per heavy atom. The van der Waals surface area contributed by atoms with Crippen molar-refractivity contribution in [2.24, 2.45) is 0 Å². The predicted octanol–water partition coefficient (Wildman–Crippen LogP) is 4.44. The van der Waals surface area contributed by atoms with Gasteiger partial charge < -0.3 is 15.2 Å². The maximum atomic E-state index is 4.99. The molecule has 3 aromatic rings. The van der Waals surface area contributed by atoms with Gasteiger partial charge in [0.1, 0.15) is 5.82 Å². The van der Waals surface area contributed by atoms with Crippen molar-refractivity contribution in [2.45, 2.75) is 77.0 Å². The average Bonchev–Trinajstić information content (AvgIpc) is 3.14. The lowest BCUT2D eigenvalue weighted by Gasteiger charge is -2.26. The molecule has 3 heterocycles. The molecule has 1 fully saturated rings. The second-order valence-electron chi connectivity index (χ2n) is 8.93. The van der Waals surface area contributed by atoms with Crippen molar-refractivity contribution in [3.63, 3.8) is 0 Å². The molecule has 158 valence electrons. The van der Waals surface area contributed by atoms with Crippen molar-refractivity contribution < 1.29 is 0 Å². The molecule has 5 nitrogen and oxygen atoms in total. The van der Waals surface area contributed by atoms with E-state index in [4.69, 9.17) is 9.97 Å². The molecule has 2 aliphatic rings.